The molecule has 2 unspecified atom stereocenters. The molecule has 3 nitrogen and oxygen atoms in total. The maximum atomic E-state index is 13.1. The van der Waals surface area contributed by atoms with Gasteiger partial charge in [-0.15, -0.1) is 0 Å². The maximum absolute atomic E-state index is 13.1. The van der Waals surface area contributed by atoms with Crippen molar-refractivity contribution in [3.8, 4) is 5.75 Å². The van der Waals surface area contributed by atoms with Gasteiger partial charge < -0.3 is 4.74 Å². The molecule has 4 atom stereocenters. The average molecular weight is 447 g/mol. The molecule has 0 saturated carbocycles. The monoisotopic (exact) mass is 447 g/mol. The standard InChI is InChI=1S/C21H22INO2/c1-23-16-11-12-19(23)20(21(24)25-17-5-3-2-4-6-17)18(13-16)14-7-9-15(22)10-8-14/h2-10,16,18-20H,11-13H2,1H3/t16-,18-,19?,20?/m1/s1. The second kappa shape index (κ2) is 7.08. The summed E-state index contributed by atoms with van der Waals surface area (Å²) in [5.41, 5.74) is 1.26. The van der Waals surface area contributed by atoms with Crippen molar-refractivity contribution in [3.05, 3.63) is 63.7 Å². The van der Waals surface area contributed by atoms with Gasteiger partial charge in [-0.3, -0.25) is 9.69 Å². The molecule has 0 spiro atoms. The molecule has 0 N–H and O–H groups in total. The Balaban J connectivity index is 1.64. The normalized spacial score (nSPS) is 28.7. The molecule has 2 bridgehead atoms. The molecule has 0 aromatic heterocycles. The van der Waals surface area contributed by atoms with Gasteiger partial charge >= 0.3 is 5.97 Å². The molecule has 2 aromatic carbocycles. The van der Waals surface area contributed by atoms with Gasteiger partial charge in [0.2, 0.25) is 0 Å². The van der Waals surface area contributed by atoms with Crippen molar-refractivity contribution in [3.63, 3.8) is 0 Å². The molecule has 0 radical (unpaired) electrons. The van der Waals surface area contributed by atoms with Gasteiger partial charge in [0.25, 0.3) is 0 Å². The first-order valence-corrected chi connectivity index (χ1v) is 9.95. The second-order valence-corrected chi connectivity index (χ2v) is 8.36. The summed E-state index contributed by atoms with van der Waals surface area (Å²) in [6, 6.07) is 18.9. The molecule has 2 fully saturated rings. The van der Waals surface area contributed by atoms with E-state index in [1.807, 2.05) is 30.3 Å². The van der Waals surface area contributed by atoms with E-state index in [0.29, 0.717) is 11.8 Å². The number of rotatable bonds is 3. The summed E-state index contributed by atoms with van der Waals surface area (Å²) >= 11 is 2.32. The third-order valence-electron chi connectivity index (χ3n) is 5.80. The first kappa shape index (κ1) is 17.0. The molecule has 130 valence electrons. The summed E-state index contributed by atoms with van der Waals surface area (Å²) in [5, 5.41) is 0. The van der Waals surface area contributed by atoms with E-state index in [2.05, 4.69) is 58.8 Å². The molecule has 2 aliphatic heterocycles. The molecule has 25 heavy (non-hydrogen) atoms. The van der Waals surface area contributed by atoms with E-state index >= 15 is 0 Å². The minimum Gasteiger partial charge on any atom is -0.426 e. The van der Waals surface area contributed by atoms with Crippen molar-refractivity contribution < 1.29 is 9.53 Å². The minimum atomic E-state index is -0.107. The Kier molecular flexibility index (Phi) is 4.82. The molecule has 2 saturated heterocycles. The number of para-hydroxylation sites is 1. The van der Waals surface area contributed by atoms with Crippen LogP contribution in [0.1, 0.15) is 30.7 Å². The zero-order chi connectivity index (χ0) is 17.4. The number of nitrogens with zero attached hydrogens (tertiary/aromatic N) is 1. The Morgan fingerprint density at radius 2 is 1.80 bits per heavy atom. The number of carbonyl (C=O) groups is 1. The first-order chi connectivity index (χ1) is 12.1. The minimum absolute atomic E-state index is 0.0908. The summed E-state index contributed by atoms with van der Waals surface area (Å²) in [5.74, 6) is 0.675. The molecule has 0 aliphatic carbocycles. The van der Waals surface area contributed by atoms with E-state index < -0.39 is 0 Å². The lowest BCUT2D eigenvalue weighted by Gasteiger charge is -2.41. The SMILES string of the molecule is CN1C2CC[C@@H]1C[C@H](c1ccc(I)cc1)C2C(=O)Oc1ccccc1. The first-order valence-electron chi connectivity index (χ1n) is 8.87. The molecule has 4 rings (SSSR count). The van der Waals surface area contributed by atoms with Crippen molar-refractivity contribution >= 4 is 28.6 Å². The molecular formula is C21H22INO2. The summed E-state index contributed by atoms with van der Waals surface area (Å²) in [4.78, 5) is 15.5. The molecule has 4 heteroatoms. The van der Waals surface area contributed by atoms with Gasteiger partial charge in [0.15, 0.2) is 0 Å². The van der Waals surface area contributed by atoms with Crippen LogP contribution in [0.15, 0.2) is 54.6 Å². The van der Waals surface area contributed by atoms with Crippen LogP contribution in [-0.4, -0.2) is 30.0 Å². The third-order valence-corrected chi connectivity index (χ3v) is 6.52. The van der Waals surface area contributed by atoms with Gasteiger partial charge in [0.05, 0.1) is 5.92 Å². The van der Waals surface area contributed by atoms with Crippen molar-refractivity contribution in [1.29, 1.82) is 0 Å². The van der Waals surface area contributed by atoms with Gasteiger partial charge in [-0.25, -0.2) is 0 Å². The summed E-state index contributed by atoms with van der Waals surface area (Å²) in [6.45, 7) is 0. The molecule has 2 aliphatic rings. The highest BCUT2D eigenvalue weighted by Crippen LogP contribution is 2.46. The van der Waals surface area contributed by atoms with Gasteiger partial charge in [0, 0.05) is 21.6 Å². The van der Waals surface area contributed by atoms with Crippen LogP contribution in [-0.2, 0) is 4.79 Å². The average Bonchev–Trinajstić information content (AvgIpc) is 2.86. The maximum Gasteiger partial charge on any atom is 0.316 e. The Labute approximate surface area is 162 Å². The van der Waals surface area contributed by atoms with E-state index in [1.165, 1.54) is 15.6 Å². The lowest BCUT2D eigenvalue weighted by molar-refractivity contribution is -0.143. The van der Waals surface area contributed by atoms with Gasteiger partial charge in [0.1, 0.15) is 5.75 Å². The summed E-state index contributed by atoms with van der Waals surface area (Å²) < 4.78 is 6.98. The Bertz CT molecular complexity index is 746. The Hall–Kier alpha value is -1.40. The number of carbonyl (C=O) groups excluding carboxylic acids is 1. The van der Waals surface area contributed by atoms with Crippen LogP contribution in [0.5, 0.6) is 5.75 Å². The highest BCUT2D eigenvalue weighted by molar-refractivity contribution is 14.1. The van der Waals surface area contributed by atoms with Crippen LogP contribution < -0.4 is 4.74 Å². The summed E-state index contributed by atoms with van der Waals surface area (Å²) in [7, 11) is 2.16. The van der Waals surface area contributed by atoms with Crippen LogP contribution in [0.25, 0.3) is 0 Å². The molecule has 0 amide bonds. The molecule has 2 aromatic rings. The molecule has 2 heterocycles. The zero-order valence-corrected chi connectivity index (χ0v) is 16.4. The van der Waals surface area contributed by atoms with Gasteiger partial charge in [-0.2, -0.15) is 0 Å². The van der Waals surface area contributed by atoms with Gasteiger partial charge in [-0.05, 0) is 78.7 Å². The van der Waals surface area contributed by atoms with E-state index in [1.54, 1.807) is 0 Å². The van der Waals surface area contributed by atoms with Crippen molar-refractivity contribution in [2.75, 3.05) is 7.05 Å². The highest BCUT2D eigenvalue weighted by atomic mass is 127. The number of halogens is 1. The van der Waals surface area contributed by atoms with Crippen molar-refractivity contribution in [2.45, 2.75) is 37.3 Å². The second-order valence-electron chi connectivity index (χ2n) is 7.12. The zero-order valence-electron chi connectivity index (χ0n) is 14.3. The number of hydrogen-bond acceptors (Lipinski definition) is 3. The van der Waals surface area contributed by atoms with Crippen molar-refractivity contribution in [1.82, 2.24) is 4.90 Å². The fraction of sp³-hybridized carbons (Fsp3) is 0.381. The number of ether oxygens (including phenoxy) is 1. The van der Waals surface area contributed by atoms with E-state index in [9.17, 15) is 4.79 Å². The number of benzene rings is 2. The lowest BCUT2D eigenvalue weighted by atomic mass is 9.76. The van der Waals surface area contributed by atoms with Crippen LogP contribution in [0.4, 0.5) is 0 Å². The Morgan fingerprint density at radius 3 is 2.52 bits per heavy atom. The Morgan fingerprint density at radius 1 is 1.08 bits per heavy atom. The summed E-state index contributed by atoms with van der Waals surface area (Å²) in [6.07, 6.45) is 3.29. The number of hydrogen-bond donors (Lipinski definition) is 0. The van der Waals surface area contributed by atoms with E-state index in [-0.39, 0.29) is 23.8 Å². The van der Waals surface area contributed by atoms with Crippen LogP contribution in [0.3, 0.4) is 0 Å². The lowest BCUT2D eigenvalue weighted by Crippen LogP contribution is -2.49. The smallest absolute Gasteiger partial charge is 0.316 e. The fourth-order valence-electron chi connectivity index (χ4n) is 4.51. The topological polar surface area (TPSA) is 29.5 Å². The predicted molar refractivity (Wildman–Crippen MR) is 107 cm³/mol. The highest BCUT2D eigenvalue weighted by Gasteiger charge is 2.49. The van der Waals surface area contributed by atoms with Crippen LogP contribution in [0.2, 0.25) is 0 Å². The molecular weight excluding hydrogens is 425 g/mol. The fourth-order valence-corrected chi connectivity index (χ4v) is 4.87. The van der Waals surface area contributed by atoms with Gasteiger partial charge in [-0.1, -0.05) is 30.3 Å². The van der Waals surface area contributed by atoms with E-state index in [0.717, 1.165) is 12.8 Å². The number of piperidine rings is 1. The number of esters is 1. The van der Waals surface area contributed by atoms with Crippen LogP contribution in [0, 0.1) is 9.49 Å². The van der Waals surface area contributed by atoms with Crippen molar-refractivity contribution in [2.24, 2.45) is 5.92 Å². The number of fused-ring (bicyclic) bond motifs is 2. The quantitative estimate of drug-likeness (QED) is 0.395. The van der Waals surface area contributed by atoms with Crippen LogP contribution >= 0.6 is 22.6 Å². The van der Waals surface area contributed by atoms with E-state index in [4.69, 9.17) is 4.74 Å². The third kappa shape index (κ3) is 3.34. The largest absolute Gasteiger partial charge is 0.426 e. The predicted octanol–water partition coefficient (Wildman–Crippen LogP) is 4.46.